The third-order valence-corrected chi connectivity index (χ3v) is 3.99. The van der Waals surface area contributed by atoms with Gasteiger partial charge in [0.15, 0.2) is 0 Å². The first kappa shape index (κ1) is 17.9. The van der Waals surface area contributed by atoms with E-state index in [1.807, 2.05) is 0 Å². The van der Waals surface area contributed by atoms with Gasteiger partial charge >= 0.3 is 0 Å². The Hall–Kier alpha value is -2.87. The number of halogens is 4. The van der Waals surface area contributed by atoms with Gasteiger partial charge in [0.25, 0.3) is 5.91 Å². The second kappa shape index (κ2) is 7.57. The van der Waals surface area contributed by atoms with E-state index < -0.39 is 28.9 Å². The van der Waals surface area contributed by atoms with Crippen LogP contribution in [0.25, 0.3) is 0 Å². The molecule has 2 aromatic rings. The van der Waals surface area contributed by atoms with Crippen LogP contribution in [0.15, 0.2) is 46.6 Å². The third-order valence-electron chi connectivity index (χ3n) is 3.73. The van der Waals surface area contributed by atoms with Crippen LogP contribution in [-0.4, -0.2) is 24.4 Å². The zero-order valence-corrected chi connectivity index (χ0v) is 13.9. The van der Waals surface area contributed by atoms with Crippen LogP contribution >= 0.6 is 11.6 Å². The SMILES string of the molecule is O=C(N/N=C\c1c(F)cc(F)cc1F)C1=NNCC1c1ccc(Cl)cc1. The minimum atomic E-state index is -1.13. The molecule has 2 N–H and O–H groups in total. The lowest BCUT2D eigenvalue weighted by atomic mass is 9.94. The number of rotatable bonds is 4. The lowest BCUT2D eigenvalue weighted by Gasteiger charge is -2.11. The van der Waals surface area contributed by atoms with E-state index in [1.54, 1.807) is 24.3 Å². The Balaban J connectivity index is 1.71. The van der Waals surface area contributed by atoms with Crippen LogP contribution in [-0.2, 0) is 4.79 Å². The summed E-state index contributed by atoms with van der Waals surface area (Å²) in [4.78, 5) is 12.2. The molecule has 3 rings (SSSR count). The lowest BCUT2D eigenvalue weighted by Crippen LogP contribution is -2.30. The number of carbonyl (C=O) groups excluding carboxylic acids is 1. The van der Waals surface area contributed by atoms with Crippen LogP contribution < -0.4 is 10.9 Å². The van der Waals surface area contributed by atoms with Crippen LogP contribution in [0.3, 0.4) is 0 Å². The fourth-order valence-corrected chi connectivity index (χ4v) is 2.59. The number of carbonyl (C=O) groups is 1. The highest BCUT2D eigenvalue weighted by Crippen LogP contribution is 2.22. The molecule has 1 aliphatic rings. The monoisotopic (exact) mass is 380 g/mol. The Kier molecular flexibility index (Phi) is 5.22. The van der Waals surface area contributed by atoms with E-state index in [2.05, 4.69) is 21.1 Å². The first-order valence-corrected chi connectivity index (χ1v) is 7.87. The van der Waals surface area contributed by atoms with Crippen LogP contribution in [0.2, 0.25) is 5.02 Å². The van der Waals surface area contributed by atoms with Gasteiger partial charge in [0.2, 0.25) is 0 Å². The molecule has 0 fully saturated rings. The van der Waals surface area contributed by atoms with Crippen molar-refractivity contribution in [1.82, 2.24) is 10.9 Å². The van der Waals surface area contributed by atoms with Crippen molar-refractivity contribution in [3.8, 4) is 0 Å². The molecule has 0 radical (unpaired) electrons. The summed E-state index contributed by atoms with van der Waals surface area (Å²) >= 11 is 5.85. The third kappa shape index (κ3) is 3.85. The summed E-state index contributed by atoms with van der Waals surface area (Å²) in [6.07, 6.45) is 0.766. The highest BCUT2D eigenvalue weighted by molar-refractivity contribution is 6.41. The predicted octanol–water partition coefficient (Wildman–Crippen LogP) is 2.95. The van der Waals surface area contributed by atoms with Gasteiger partial charge in [-0.05, 0) is 17.7 Å². The molecular formula is C17H12ClF3N4O. The van der Waals surface area contributed by atoms with Crippen molar-refractivity contribution in [2.45, 2.75) is 5.92 Å². The topological polar surface area (TPSA) is 65.8 Å². The highest BCUT2D eigenvalue weighted by atomic mass is 35.5. The first-order chi connectivity index (χ1) is 12.5. The van der Waals surface area contributed by atoms with Crippen LogP contribution in [0.5, 0.6) is 0 Å². The summed E-state index contributed by atoms with van der Waals surface area (Å²) in [6, 6.07) is 7.98. The molecule has 134 valence electrons. The van der Waals surface area contributed by atoms with Gasteiger partial charge in [0, 0.05) is 23.7 Å². The molecule has 1 amide bonds. The van der Waals surface area contributed by atoms with E-state index in [4.69, 9.17) is 11.6 Å². The fourth-order valence-electron chi connectivity index (χ4n) is 2.47. The Bertz CT molecular complexity index is 876. The lowest BCUT2D eigenvalue weighted by molar-refractivity contribution is -0.114. The second-order valence-corrected chi connectivity index (χ2v) is 5.88. The Labute approximate surface area is 151 Å². The Morgan fingerprint density at radius 3 is 2.54 bits per heavy atom. The number of hydrogen-bond donors (Lipinski definition) is 2. The average Bonchev–Trinajstić information content (AvgIpc) is 3.07. The van der Waals surface area contributed by atoms with Gasteiger partial charge < -0.3 is 5.43 Å². The second-order valence-electron chi connectivity index (χ2n) is 5.45. The predicted molar refractivity (Wildman–Crippen MR) is 91.7 cm³/mol. The molecule has 0 aliphatic carbocycles. The van der Waals surface area contributed by atoms with Crippen molar-refractivity contribution in [3.63, 3.8) is 0 Å². The van der Waals surface area contributed by atoms with Crippen molar-refractivity contribution < 1.29 is 18.0 Å². The summed E-state index contributed by atoms with van der Waals surface area (Å²) in [6.45, 7) is 0.412. The number of nitrogens with zero attached hydrogens (tertiary/aromatic N) is 2. The zero-order chi connectivity index (χ0) is 18.7. The standard InChI is InChI=1S/C17H12ClF3N4O/c18-10-3-1-9(2-4-10)12-7-22-24-16(12)17(26)25-23-8-13-14(20)5-11(19)6-15(13)21/h1-6,8,12,22H,7H2,(H,25,26)/b23-8-. The van der Waals surface area contributed by atoms with Crippen molar-refractivity contribution in [2.24, 2.45) is 10.2 Å². The molecule has 1 unspecified atom stereocenters. The minimum absolute atomic E-state index is 0.171. The van der Waals surface area contributed by atoms with Crippen LogP contribution in [0.1, 0.15) is 17.0 Å². The van der Waals surface area contributed by atoms with Gasteiger partial charge in [-0.1, -0.05) is 23.7 Å². The smallest absolute Gasteiger partial charge is 0.288 e. The Morgan fingerprint density at radius 2 is 1.88 bits per heavy atom. The van der Waals surface area contributed by atoms with Gasteiger partial charge in [-0.3, -0.25) is 4.79 Å². The molecule has 1 aliphatic heterocycles. The van der Waals surface area contributed by atoms with Crippen LogP contribution in [0.4, 0.5) is 13.2 Å². The maximum absolute atomic E-state index is 13.5. The number of benzene rings is 2. The molecule has 0 aromatic heterocycles. The molecule has 5 nitrogen and oxygen atoms in total. The molecule has 2 aromatic carbocycles. The van der Waals surface area contributed by atoms with E-state index in [9.17, 15) is 18.0 Å². The summed E-state index contributed by atoms with van der Waals surface area (Å²) in [5, 5.41) is 8.03. The maximum atomic E-state index is 13.5. The summed E-state index contributed by atoms with van der Waals surface area (Å²) in [5.74, 6) is -4.24. The normalized spacial score (nSPS) is 16.5. The maximum Gasteiger partial charge on any atom is 0.288 e. The number of hydrogen-bond acceptors (Lipinski definition) is 4. The van der Waals surface area contributed by atoms with E-state index in [-0.39, 0.29) is 11.6 Å². The highest BCUT2D eigenvalue weighted by Gasteiger charge is 2.28. The van der Waals surface area contributed by atoms with Crippen molar-refractivity contribution in [2.75, 3.05) is 6.54 Å². The Morgan fingerprint density at radius 1 is 1.23 bits per heavy atom. The zero-order valence-electron chi connectivity index (χ0n) is 13.1. The molecule has 0 saturated carbocycles. The van der Waals surface area contributed by atoms with Crippen molar-refractivity contribution in [1.29, 1.82) is 0 Å². The van der Waals surface area contributed by atoms with E-state index >= 15 is 0 Å². The average molecular weight is 381 g/mol. The molecule has 0 bridgehead atoms. The quantitative estimate of drug-likeness (QED) is 0.632. The minimum Gasteiger partial charge on any atom is -0.309 e. The van der Waals surface area contributed by atoms with Gasteiger partial charge in [-0.15, -0.1) is 0 Å². The molecule has 1 heterocycles. The largest absolute Gasteiger partial charge is 0.309 e. The molecular weight excluding hydrogens is 369 g/mol. The van der Waals surface area contributed by atoms with Gasteiger partial charge in [0.1, 0.15) is 23.2 Å². The fraction of sp³-hybridized carbons (Fsp3) is 0.118. The van der Waals surface area contributed by atoms with Crippen molar-refractivity contribution in [3.05, 3.63) is 70.0 Å². The van der Waals surface area contributed by atoms with E-state index in [0.29, 0.717) is 23.7 Å². The molecule has 26 heavy (non-hydrogen) atoms. The number of amides is 1. The van der Waals surface area contributed by atoms with Gasteiger partial charge in [-0.2, -0.15) is 10.2 Å². The van der Waals surface area contributed by atoms with Crippen LogP contribution in [0, 0.1) is 17.5 Å². The molecule has 1 atom stereocenters. The van der Waals surface area contributed by atoms with Crippen molar-refractivity contribution >= 4 is 29.4 Å². The summed E-state index contributed by atoms with van der Waals surface area (Å²) in [7, 11) is 0. The van der Waals surface area contributed by atoms with E-state index in [1.165, 1.54) is 0 Å². The van der Waals surface area contributed by atoms with Gasteiger partial charge in [0.05, 0.1) is 17.7 Å². The molecule has 0 spiro atoms. The summed E-state index contributed by atoms with van der Waals surface area (Å²) < 4.78 is 39.9. The summed E-state index contributed by atoms with van der Waals surface area (Å²) in [5.41, 5.74) is 5.32. The first-order valence-electron chi connectivity index (χ1n) is 7.49. The number of hydrazone groups is 2. The molecule has 0 saturated heterocycles. The number of nitrogens with one attached hydrogen (secondary N) is 2. The van der Waals surface area contributed by atoms with Gasteiger partial charge in [-0.25, -0.2) is 18.6 Å². The molecule has 9 heteroatoms. The van der Waals surface area contributed by atoms with E-state index in [0.717, 1.165) is 11.8 Å².